The monoisotopic (exact) mass is 412 g/mol. The van der Waals surface area contributed by atoms with Crippen LogP contribution in [0.1, 0.15) is 11.6 Å². The molecule has 2 aromatic rings. The second-order valence-electron chi connectivity index (χ2n) is 6.37. The first-order chi connectivity index (χ1) is 13.4. The maximum atomic E-state index is 13.4. The fourth-order valence-electron chi connectivity index (χ4n) is 3.09. The molecule has 152 valence electrons. The van der Waals surface area contributed by atoms with E-state index in [9.17, 15) is 17.2 Å². The van der Waals surface area contributed by atoms with Crippen LogP contribution < -0.4 is 9.46 Å². The van der Waals surface area contributed by atoms with Gasteiger partial charge in [-0.1, -0.05) is 12.1 Å². The number of ether oxygens (including phenoxy) is 2. The van der Waals surface area contributed by atoms with Crippen molar-refractivity contribution in [3.8, 4) is 5.75 Å². The lowest BCUT2D eigenvalue weighted by Crippen LogP contribution is -2.43. The van der Waals surface area contributed by atoms with Crippen molar-refractivity contribution in [1.82, 2.24) is 9.62 Å². The molecule has 1 aliphatic heterocycles. The summed E-state index contributed by atoms with van der Waals surface area (Å²) in [6.45, 7) is 2.51. The van der Waals surface area contributed by atoms with Gasteiger partial charge in [0.2, 0.25) is 10.0 Å². The SMILES string of the molecule is COc1ccc(C(CNS(=O)(=O)c2ccc(F)c(F)c2)N2CCOCC2)cc1. The molecule has 0 aliphatic carbocycles. The minimum atomic E-state index is -3.99. The van der Waals surface area contributed by atoms with Gasteiger partial charge in [0.05, 0.1) is 25.2 Å². The lowest BCUT2D eigenvalue weighted by atomic mass is 10.0. The minimum Gasteiger partial charge on any atom is -0.497 e. The van der Waals surface area contributed by atoms with Crippen molar-refractivity contribution in [2.24, 2.45) is 0 Å². The highest BCUT2D eigenvalue weighted by atomic mass is 32.2. The van der Waals surface area contributed by atoms with Crippen LogP contribution in [0.15, 0.2) is 47.4 Å². The number of hydrogen-bond acceptors (Lipinski definition) is 5. The minimum absolute atomic E-state index is 0.0770. The molecule has 1 fully saturated rings. The number of nitrogens with zero attached hydrogens (tertiary/aromatic N) is 1. The van der Waals surface area contributed by atoms with E-state index in [-0.39, 0.29) is 17.5 Å². The molecule has 3 rings (SSSR count). The first-order valence-corrected chi connectivity index (χ1v) is 10.3. The summed E-state index contributed by atoms with van der Waals surface area (Å²) in [4.78, 5) is 1.81. The summed E-state index contributed by atoms with van der Waals surface area (Å²) < 4.78 is 64.7. The van der Waals surface area contributed by atoms with Crippen molar-refractivity contribution >= 4 is 10.0 Å². The standard InChI is InChI=1S/C19H22F2N2O4S/c1-26-15-4-2-14(3-5-15)19(23-8-10-27-11-9-23)13-22-28(24,25)16-6-7-17(20)18(21)12-16/h2-7,12,19,22H,8-11,13H2,1H3. The summed E-state index contributed by atoms with van der Waals surface area (Å²) in [6, 6.07) is 9.66. The van der Waals surface area contributed by atoms with Gasteiger partial charge in [0, 0.05) is 25.7 Å². The van der Waals surface area contributed by atoms with Crippen LogP contribution >= 0.6 is 0 Å². The quantitative estimate of drug-likeness (QED) is 0.756. The predicted octanol–water partition coefficient (Wildman–Crippen LogP) is 2.33. The number of rotatable bonds is 7. The summed E-state index contributed by atoms with van der Waals surface area (Å²) in [5, 5.41) is 0. The molecule has 1 unspecified atom stereocenters. The maximum Gasteiger partial charge on any atom is 0.240 e. The number of methoxy groups -OCH3 is 1. The number of benzene rings is 2. The molecule has 0 spiro atoms. The van der Waals surface area contributed by atoms with Crippen LogP contribution in [0.3, 0.4) is 0 Å². The normalized spacial score (nSPS) is 16.7. The van der Waals surface area contributed by atoms with E-state index in [0.717, 1.165) is 17.7 Å². The van der Waals surface area contributed by atoms with Crippen LogP contribution in [-0.4, -0.2) is 53.3 Å². The van der Waals surface area contributed by atoms with E-state index in [1.165, 1.54) is 0 Å². The maximum absolute atomic E-state index is 13.4. The zero-order valence-corrected chi connectivity index (χ0v) is 16.2. The molecular formula is C19H22F2N2O4S. The number of nitrogens with one attached hydrogen (secondary N) is 1. The van der Waals surface area contributed by atoms with Crippen molar-refractivity contribution in [2.45, 2.75) is 10.9 Å². The van der Waals surface area contributed by atoms with Crippen LogP contribution in [0.25, 0.3) is 0 Å². The Morgan fingerprint density at radius 3 is 2.39 bits per heavy atom. The van der Waals surface area contributed by atoms with Gasteiger partial charge in [0.15, 0.2) is 11.6 Å². The highest BCUT2D eigenvalue weighted by Crippen LogP contribution is 2.24. The van der Waals surface area contributed by atoms with E-state index >= 15 is 0 Å². The molecule has 28 heavy (non-hydrogen) atoms. The zero-order valence-electron chi connectivity index (χ0n) is 15.4. The lowest BCUT2D eigenvalue weighted by Gasteiger charge is -2.35. The molecule has 0 aromatic heterocycles. The molecule has 9 heteroatoms. The van der Waals surface area contributed by atoms with E-state index in [2.05, 4.69) is 9.62 Å². The average Bonchev–Trinajstić information content (AvgIpc) is 2.71. The van der Waals surface area contributed by atoms with E-state index in [1.54, 1.807) is 7.11 Å². The van der Waals surface area contributed by atoms with Crippen molar-refractivity contribution in [3.05, 3.63) is 59.7 Å². The third kappa shape index (κ3) is 4.85. The van der Waals surface area contributed by atoms with Gasteiger partial charge in [-0.15, -0.1) is 0 Å². The van der Waals surface area contributed by atoms with Gasteiger partial charge in [-0.3, -0.25) is 4.90 Å². The summed E-state index contributed by atoms with van der Waals surface area (Å²) in [5.41, 5.74) is 0.913. The topological polar surface area (TPSA) is 67.9 Å². The van der Waals surface area contributed by atoms with Crippen molar-refractivity contribution < 1.29 is 26.7 Å². The Bertz CT molecular complexity index is 901. The van der Waals surface area contributed by atoms with Gasteiger partial charge in [-0.05, 0) is 35.9 Å². The summed E-state index contributed by atoms with van der Waals surface area (Å²) >= 11 is 0. The molecule has 0 bridgehead atoms. The van der Waals surface area contributed by atoms with Gasteiger partial charge in [-0.25, -0.2) is 21.9 Å². The molecule has 0 radical (unpaired) electrons. The molecule has 1 saturated heterocycles. The van der Waals surface area contributed by atoms with Crippen molar-refractivity contribution in [3.63, 3.8) is 0 Å². The molecular weight excluding hydrogens is 390 g/mol. The molecule has 0 saturated carbocycles. The smallest absolute Gasteiger partial charge is 0.240 e. The molecule has 6 nitrogen and oxygen atoms in total. The van der Waals surface area contributed by atoms with Gasteiger partial charge in [0.25, 0.3) is 0 Å². The van der Waals surface area contributed by atoms with Crippen molar-refractivity contribution in [2.75, 3.05) is 40.0 Å². The number of morpholine rings is 1. The Hall–Kier alpha value is -2.07. The van der Waals surface area contributed by atoms with E-state index in [1.807, 2.05) is 24.3 Å². The number of sulfonamides is 1. The second-order valence-corrected chi connectivity index (χ2v) is 8.13. The third-order valence-electron chi connectivity index (χ3n) is 4.66. The summed E-state index contributed by atoms with van der Waals surface area (Å²) in [7, 11) is -2.42. The van der Waals surface area contributed by atoms with Crippen LogP contribution in [0.4, 0.5) is 8.78 Å². The third-order valence-corrected chi connectivity index (χ3v) is 6.08. The molecule has 1 heterocycles. The summed E-state index contributed by atoms with van der Waals surface area (Å²) in [5.74, 6) is -1.60. The van der Waals surface area contributed by atoms with E-state index in [4.69, 9.17) is 9.47 Å². The van der Waals surface area contributed by atoms with Crippen LogP contribution in [0.5, 0.6) is 5.75 Å². The Morgan fingerprint density at radius 2 is 1.79 bits per heavy atom. The van der Waals surface area contributed by atoms with Gasteiger partial charge in [-0.2, -0.15) is 0 Å². The first-order valence-electron chi connectivity index (χ1n) is 8.81. The second kappa shape index (κ2) is 8.95. The predicted molar refractivity (Wildman–Crippen MR) is 99.7 cm³/mol. The van der Waals surface area contributed by atoms with Crippen LogP contribution in [-0.2, 0) is 14.8 Å². The fraction of sp³-hybridized carbons (Fsp3) is 0.368. The first kappa shape index (κ1) is 20.7. The average molecular weight is 412 g/mol. The highest BCUT2D eigenvalue weighted by molar-refractivity contribution is 7.89. The lowest BCUT2D eigenvalue weighted by molar-refractivity contribution is 0.0172. The molecule has 1 aliphatic rings. The largest absolute Gasteiger partial charge is 0.497 e. The van der Waals surface area contributed by atoms with Crippen LogP contribution in [0.2, 0.25) is 0 Å². The van der Waals surface area contributed by atoms with Crippen LogP contribution in [0, 0.1) is 11.6 Å². The Kier molecular flexibility index (Phi) is 6.61. The highest BCUT2D eigenvalue weighted by Gasteiger charge is 2.25. The fourth-order valence-corrected chi connectivity index (χ4v) is 4.14. The number of halogens is 2. The van der Waals surface area contributed by atoms with Crippen molar-refractivity contribution in [1.29, 1.82) is 0 Å². The molecule has 2 aromatic carbocycles. The van der Waals surface area contributed by atoms with Gasteiger partial charge >= 0.3 is 0 Å². The Labute approximate surface area is 163 Å². The molecule has 1 atom stereocenters. The number of hydrogen-bond donors (Lipinski definition) is 1. The Balaban J connectivity index is 1.80. The van der Waals surface area contributed by atoms with E-state index in [0.29, 0.717) is 38.1 Å². The zero-order chi connectivity index (χ0) is 20.1. The molecule has 0 amide bonds. The van der Waals surface area contributed by atoms with Gasteiger partial charge in [0.1, 0.15) is 5.75 Å². The van der Waals surface area contributed by atoms with Gasteiger partial charge < -0.3 is 9.47 Å². The van der Waals surface area contributed by atoms with E-state index < -0.39 is 21.7 Å². The summed E-state index contributed by atoms with van der Waals surface area (Å²) in [6.07, 6.45) is 0. The Morgan fingerprint density at radius 1 is 1.11 bits per heavy atom. The molecule has 1 N–H and O–H groups in total.